The van der Waals surface area contributed by atoms with E-state index in [-0.39, 0.29) is 24.9 Å². The van der Waals surface area contributed by atoms with E-state index in [1.54, 1.807) is 31.4 Å². The van der Waals surface area contributed by atoms with Crippen LogP contribution in [0.15, 0.2) is 54.6 Å². The maximum Gasteiger partial charge on any atom is 0.412 e. The Morgan fingerprint density at radius 1 is 0.967 bits per heavy atom. The van der Waals surface area contributed by atoms with E-state index in [4.69, 9.17) is 31.2 Å². The molecule has 1 amide bonds. The summed E-state index contributed by atoms with van der Waals surface area (Å²) in [6.45, 7) is 0.675. The maximum atomic E-state index is 12.3. The first-order valence-corrected chi connectivity index (χ1v) is 10.0. The van der Waals surface area contributed by atoms with E-state index in [9.17, 15) is 4.79 Å². The number of rotatable bonds is 5. The number of para-hydroxylation sites is 1. The summed E-state index contributed by atoms with van der Waals surface area (Å²) in [5.74, 6) is 0.707. The molecule has 0 radical (unpaired) electrons. The number of hydrogen-bond acceptors (Lipinski definition) is 6. The van der Waals surface area contributed by atoms with Gasteiger partial charge in [0.05, 0.1) is 26.4 Å². The summed E-state index contributed by atoms with van der Waals surface area (Å²) < 4.78 is 22.3. The van der Waals surface area contributed by atoms with Crippen LogP contribution in [-0.4, -0.2) is 55.9 Å². The number of carbonyl (C=O) groups excluding carboxylic acids is 1. The molecule has 2 aliphatic heterocycles. The highest BCUT2D eigenvalue weighted by molar-refractivity contribution is 7.80. The minimum absolute atomic E-state index is 0.128. The topological polar surface area (TPSA) is 90.1 Å². The van der Waals surface area contributed by atoms with Crippen molar-refractivity contribution in [2.24, 2.45) is 0 Å². The standard InChI is InChI=1S/C21H23N3O5S/c1-26-15-9-7-14(8-10-15)23-21(25)29-17-12-28-18-16(11-27-19(17)18)24-20(30)22-13-5-3-2-4-6-13/h2-10,16-19H,11-12H2,1H3,(H,23,25)(H2,22,24,30)/t16-,17+,18+,19+/m0/s1. The predicted molar refractivity (Wildman–Crippen MR) is 116 cm³/mol. The molecule has 30 heavy (non-hydrogen) atoms. The van der Waals surface area contributed by atoms with Crippen molar-refractivity contribution in [2.45, 2.75) is 24.4 Å². The summed E-state index contributed by atoms with van der Waals surface area (Å²) in [4.78, 5) is 12.3. The Bertz CT molecular complexity index is 880. The van der Waals surface area contributed by atoms with Gasteiger partial charge in [-0.1, -0.05) is 18.2 Å². The third kappa shape index (κ3) is 4.81. The first-order valence-electron chi connectivity index (χ1n) is 9.60. The highest BCUT2D eigenvalue weighted by Crippen LogP contribution is 2.29. The van der Waals surface area contributed by atoms with Gasteiger partial charge in [-0.05, 0) is 48.6 Å². The lowest BCUT2D eigenvalue weighted by Gasteiger charge is -2.20. The molecular weight excluding hydrogens is 406 g/mol. The summed E-state index contributed by atoms with van der Waals surface area (Å²) in [7, 11) is 1.58. The summed E-state index contributed by atoms with van der Waals surface area (Å²) >= 11 is 5.39. The van der Waals surface area contributed by atoms with Gasteiger partial charge in [-0.25, -0.2) is 4.79 Å². The van der Waals surface area contributed by atoms with E-state index in [0.29, 0.717) is 23.2 Å². The Balaban J connectivity index is 1.27. The lowest BCUT2D eigenvalue weighted by molar-refractivity contribution is 0.00880. The van der Waals surface area contributed by atoms with E-state index < -0.39 is 12.2 Å². The first-order chi connectivity index (χ1) is 14.6. The number of hydrogen-bond donors (Lipinski definition) is 3. The van der Waals surface area contributed by atoms with Crippen molar-refractivity contribution in [1.29, 1.82) is 0 Å². The first kappa shape index (κ1) is 20.4. The largest absolute Gasteiger partial charge is 0.497 e. The summed E-state index contributed by atoms with van der Waals surface area (Å²) in [5, 5.41) is 9.54. The molecule has 0 spiro atoms. The van der Waals surface area contributed by atoms with Crippen LogP contribution in [0.2, 0.25) is 0 Å². The molecule has 2 saturated heterocycles. The van der Waals surface area contributed by atoms with Crippen molar-refractivity contribution in [1.82, 2.24) is 5.32 Å². The molecule has 0 aromatic heterocycles. The number of methoxy groups -OCH3 is 1. The summed E-state index contributed by atoms with van der Waals surface area (Å²) in [5.41, 5.74) is 1.51. The molecule has 0 aliphatic carbocycles. The van der Waals surface area contributed by atoms with E-state index in [2.05, 4.69) is 16.0 Å². The average molecular weight is 429 g/mol. The Kier molecular flexibility index (Phi) is 6.32. The molecule has 2 aromatic rings. The van der Waals surface area contributed by atoms with Gasteiger partial charge >= 0.3 is 6.09 Å². The third-order valence-corrected chi connectivity index (χ3v) is 5.17. The van der Waals surface area contributed by atoms with Crippen molar-refractivity contribution < 1.29 is 23.7 Å². The second-order valence-corrected chi connectivity index (χ2v) is 7.37. The van der Waals surface area contributed by atoms with Gasteiger partial charge in [0.25, 0.3) is 0 Å². The molecule has 158 valence electrons. The van der Waals surface area contributed by atoms with Crippen LogP contribution < -0.4 is 20.7 Å². The molecule has 0 unspecified atom stereocenters. The molecule has 3 N–H and O–H groups in total. The number of nitrogens with one attached hydrogen (secondary N) is 3. The van der Waals surface area contributed by atoms with Crippen molar-refractivity contribution >= 4 is 34.8 Å². The average Bonchev–Trinajstić information content (AvgIpc) is 3.33. The van der Waals surface area contributed by atoms with Gasteiger partial charge in [-0.15, -0.1) is 0 Å². The highest BCUT2D eigenvalue weighted by Gasteiger charge is 2.49. The van der Waals surface area contributed by atoms with Crippen LogP contribution in [-0.2, 0) is 14.2 Å². The van der Waals surface area contributed by atoms with Crippen molar-refractivity contribution in [3.63, 3.8) is 0 Å². The molecule has 4 atom stereocenters. The molecule has 9 heteroatoms. The van der Waals surface area contributed by atoms with Crippen molar-refractivity contribution in [2.75, 3.05) is 31.0 Å². The smallest absolute Gasteiger partial charge is 0.412 e. The van der Waals surface area contributed by atoms with Crippen LogP contribution in [0.3, 0.4) is 0 Å². The highest BCUT2D eigenvalue weighted by atomic mass is 32.1. The minimum Gasteiger partial charge on any atom is -0.497 e. The molecule has 2 fully saturated rings. The van der Waals surface area contributed by atoms with Crippen LogP contribution in [0, 0.1) is 0 Å². The number of amides is 1. The van der Waals surface area contributed by atoms with Crippen LogP contribution in [0.5, 0.6) is 5.75 Å². The summed E-state index contributed by atoms with van der Waals surface area (Å²) in [6.07, 6.45) is -1.64. The molecule has 4 rings (SSSR count). The Hall–Kier alpha value is -2.88. The van der Waals surface area contributed by atoms with Gasteiger partial charge in [0.1, 0.15) is 18.0 Å². The van der Waals surface area contributed by atoms with E-state index in [1.165, 1.54) is 0 Å². The molecule has 2 aromatic carbocycles. The number of anilines is 2. The van der Waals surface area contributed by atoms with Crippen LogP contribution >= 0.6 is 12.2 Å². The molecule has 0 bridgehead atoms. The predicted octanol–water partition coefficient (Wildman–Crippen LogP) is 2.77. The SMILES string of the molecule is COc1ccc(NC(=O)O[C@@H]2CO[C@H]3[C@@H]2OC[C@@H]3NC(=S)Nc2ccccc2)cc1. The maximum absolute atomic E-state index is 12.3. The quantitative estimate of drug-likeness (QED) is 0.626. The second-order valence-electron chi connectivity index (χ2n) is 6.96. The van der Waals surface area contributed by atoms with Gasteiger partial charge in [-0.2, -0.15) is 0 Å². The summed E-state index contributed by atoms with van der Waals surface area (Å²) in [6, 6.07) is 16.5. The Labute approximate surface area is 179 Å². The number of thiocarbonyl (C=S) groups is 1. The fourth-order valence-electron chi connectivity index (χ4n) is 3.51. The van der Waals surface area contributed by atoms with Crippen LogP contribution in [0.25, 0.3) is 0 Å². The van der Waals surface area contributed by atoms with Gasteiger partial charge in [0.2, 0.25) is 0 Å². The molecule has 0 saturated carbocycles. The molecule has 8 nitrogen and oxygen atoms in total. The minimum atomic E-state index is -0.560. The molecular formula is C21H23N3O5S. The molecule has 2 heterocycles. The van der Waals surface area contributed by atoms with Gasteiger partial charge < -0.3 is 29.6 Å². The van der Waals surface area contributed by atoms with Crippen LogP contribution in [0.1, 0.15) is 0 Å². The Morgan fingerprint density at radius 2 is 1.67 bits per heavy atom. The normalized spacial score (nSPS) is 24.6. The number of benzene rings is 2. The van der Waals surface area contributed by atoms with Gasteiger partial charge in [-0.3, -0.25) is 5.32 Å². The molecule has 2 aliphatic rings. The van der Waals surface area contributed by atoms with Crippen molar-refractivity contribution in [3.8, 4) is 5.75 Å². The fourth-order valence-corrected chi connectivity index (χ4v) is 3.77. The Morgan fingerprint density at radius 3 is 2.40 bits per heavy atom. The number of fused-ring (bicyclic) bond motifs is 1. The van der Waals surface area contributed by atoms with Gasteiger partial charge in [0.15, 0.2) is 11.2 Å². The van der Waals surface area contributed by atoms with Crippen LogP contribution in [0.4, 0.5) is 16.2 Å². The van der Waals surface area contributed by atoms with Gasteiger partial charge in [0, 0.05) is 11.4 Å². The zero-order chi connectivity index (χ0) is 20.9. The van der Waals surface area contributed by atoms with E-state index in [0.717, 1.165) is 5.69 Å². The lowest BCUT2D eigenvalue weighted by Crippen LogP contribution is -2.46. The zero-order valence-electron chi connectivity index (χ0n) is 16.4. The number of carbonyl (C=O) groups is 1. The monoisotopic (exact) mass is 429 g/mol. The zero-order valence-corrected chi connectivity index (χ0v) is 17.2. The van der Waals surface area contributed by atoms with Crippen molar-refractivity contribution in [3.05, 3.63) is 54.6 Å². The third-order valence-electron chi connectivity index (χ3n) is 4.95. The second kappa shape index (κ2) is 9.29. The fraction of sp³-hybridized carbons (Fsp3) is 0.333. The van der Waals surface area contributed by atoms with E-state index >= 15 is 0 Å². The van der Waals surface area contributed by atoms with E-state index in [1.807, 2.05) is 30.3 Å². The lowest BCUT2D eigenvalue weighted by atomic mass is 10.1. The number of ether oxygens (including phenoxy) is 4.